The summed E-state index contributed by atoms with van der Waals surface area (Å²) in [5, 5.41) is 14.4. The minimum absolute atomic E-state index is 0.00389. The number of aromatic nitrogens is 2. The predicted octanol–water partition coefficient (Wildman–Crippen LogP) is 3.63. The minimum atomic E-state index is -5.75. The zero-order valence-corrected chi connectivity index (χ0v) is 19.2. The van der Waals surface area contributed by atoms with E-state index in [9.17, 15) is 40.6 Å². The van der Waals surface area contributed by atoms with E-state index in [4.69, 9.17) is 0 Å². The Hall–Kier alpha value is -4.08. The zero-order chi connectivity index (χ0) is 27.6. The van der Waals surface area contributed by atoms with E-state index in [1.165, 1.54) is 18.1 Å². The highest BCUT2D eigenvalue weighted by molar-refractivity contribution is 6.43. The number of carbonyl (C=O) groups is 1. The van der Waals surface area contributed by atoms with Crippen LogP contribution in [0.3, 0.4) is 0 Å². The lowest BCUT2D eigenvalue weighted by Crippen LogP contribution is -2.41. The summed E-state index contributed by atoms with van der Waals surface area (Å²) in [5.74, 6) is -9.23. The molecule has 38 heavy (non-hydrogen) atoms. The van der Waals surface area contributed by atoms with Crippen molar-refractivity contribution >= 4 is 29.0 Å². The molecule has 9 nitrogen and oxygen atoms in total. The largest absolute Gasteiger partial charge is 0.493 e. The Bertz CT molecular complexity index is 1450. The van der Waals surface area contributed by atoms with Gasteiger partial charge in [0.05, 0.1) is 17.5 Å². The predicted molar refractivity (Wildman–Crippen MR) is 118 cm³/mol. The molecule has 16 heteroatoms. The second-order valence-electron chi connectivity index (χ2n) is 8.75. The van der Waals surface area contributed by atoms with Gasteiger partial charge >= 0.3 is 12.1 Å². The molecular formula is C22H16F7N7O2. The van der Waals surface area contributed by atoms with Crippen molar-refractivity contribution in [2.24, 2.45) is 9.98 Å². The number of nitrogens with one attached hydrogen (secondary N) is 2. The molecule has 0 saturated heterocycles. The third kappa shape index (κ3) is 3.95. The van der Waals surface area contributed by atoms with Crippen molar-refractivity contribution < 1.29 is 40.6 Å². The molecule has 1 aromatic heterocycles. The normalized spacial score (nSPS) is 21.0. The number of alkyl halides is 5. The van der Waals surface area contributed by atoms with Crippen molar-refractivity contribution in [3.8, 4) is 5.88 Å². The third-order valence-corrected chi connectivity index (χ3v) is 6.36. The molecular weight excluding hydrogens is 527 g/mol. The van der Waals surface area contributed by atoms with Crippen LogP contribution in [0.5, 0.6) is 5.88 Å². The summed E-state index contributed by atoms with van der Waals surface area (Å²) in [6, 6.07) is 2.78. The number of carbonyl (C=O) groups excluding carboxylic acids is 1. The van der Waals surface area contributed by atoms with E-state index in [2.05, 4.69) is 30.7 Å². The summed E-state index contributed by atoms with van der Waals surface area (Å²) < 4.78 is 92.4. The zero-order valence-electron chi connectivity index (χ0n) is 19.2. The Morgan fingerprint density at radius 3 is 2.55 bits per heavy atom. The third-order valence-electron chi connectivity index (χ3n) is 6.36. The molecule has 0 bridgehead atoms. The Morgan fingerprint density at radius 2 is 1.87 bits per heavy atom. The molecule has 2 aromatic rings. The maximum atomic E-state index is 13.9. The van der Waals surface area contributed by atoms with Crippen molar-refractivity contribution in [1.82, 2.24) is 20.4 Å². The van der Waals surface area contributed by atoms with Gasteiger partial charge in [0.2, 0.25) is 11.8 Å². The summed E-state index contributed by atoms with van der Waals surface area (Å²) in [7, 11) is 0. The summed E-state index contributed by atoms with van der Waals surface area (Å²) in [5.41, 5.74) is 0.551. The number of anilines is 1. The van der Waals surface area contributed by atoms with E-state index < -0.39 is 53.8 Å². The molecule has 5 rings (SSSR count). The van der Waals surface area contributed by atoms with Gasteiger partial charge in [-0.15, -0.1) is 0 Å². The second kappa shape index (κ2) is 8.47. The fraction of sp³-hybridized carbons (Fsp3) is 0.318. The van der Waals surface area contributed by atoms with Crippen molar-refractivity contribution in [3.05, 3.63) is 53.0 Å². The number of hydrazine groups is 1. The summed E-state index contributed by atoms with van der Waals surface area (Å²) in [4.78, 5) is 29.1. The maximum Gasteiger partial charge on any atom is 0.453 e. The molecule has 1 unspecified atom stereocenters. The molecule has 0 saturated carbocycles. The number of aliphatic imine (C=N–C) groups is 2. The van der Waals surface area contributed by atoms with Crippen LogP contribution in [0.15, 0.2) is 34.4 Å². The van der Waals surface area contributed by atoms with Crippen LogP contribution < -0.4 is 10.7 Å². The molecule has 200 valence electrons. The van der Waals surface area contributed by atoms with E-state index >= 15 is 0 Å². The van der Waals surface area contributed by atoms with Crippen LogP contribution in [0.2, 0.25) is 0 Å². The van der Waals surface area contributed by atoms with Gasteiger partial charge in [0, 0.05) is 6.42 Å². The van der Waals surface area contributed by atoms with Gasteiger partial charge in [0.25, 0.3) is 0 Å². The van der Waals surface area contributed by atoms with E-state index in [0.29, 0.717) is 0 Å². The van der Waals surface area contributed by atoms with Crippen molar-refractivity contribution in [1.29, 1.82) is 0 Å². The number of rotatable bonds is 5. The highest BCUT2D eigenvalue weighted by Gasteiger charge is 2.57. The number of benzene rings is 1. The van der Waals surface area contributed by atoms with Crippen LogP contribution in [-0.4, -0.2) is 56.3 Å². The van der Waals surface area contributed by atoms with E-state index in [0.717, 1.165) is 18.2 Å². The Morgan fingerprint density at radius 1 is 1.13 bits per heavy atom. The van der Waals surface area contributed by atoms with Crippen LogP contribution in [0, 0.1) is 11.6 Å². The van der Waals surface area contributed by atoms with Crippen LogP contribution in [0.4, 0.5) is 36.6 Å². The van der Waals surface area contributed by atoms with Gasteiger partial charge in [0.15, 0.2) is 23.3 Å². The fourth-order valence-electron chi connectivity index (χ4n) is 4.26. The van der Waals surface area contributed by atoms with Crippen molar-refractivity contribution in [2.45, 2.75) is 37.3 Å². The number of hydrogen-bond donors (Lipinski definition) is 3. The Kier molecular flexibility index (Phi) is 5.70. The standard InChI is InChI=1S/C22H16F7N7O2/c1-20(9-2-3-10(23)11(24)6-9)14-16(35-19(20)38)33-15(34-18(14)37)13-7-36-17(30-8-31-36)12(32-13)4-5-21(25,26)22(27,28)29/h2-3,6-7,31H,4-5,8H2,1H3,(H2,33,34,35,37,38). The highest BCUT2D eigenvalue weighted by atomic mass is 19.4. The first-order chi connectivity index (χ1) is 17.7. The van der Waals surface area contributed by atoms with Gasteiger partial charge in [-0.05, 0) is 31.0 Å². The molecule has 4 heterocycles. The van der Waals surface area contributed by atoms with Gasteiger partial charge in [0.1, 0.15) is 23.6 Å². The van der Waals surface area contributed by atoms with Crippen LogP contribution in [0.25, 0.3) is 5.70 Å². The number of hydrogen-bond acceptors (Lipinski definition) is 8. The molecule has 1 atom stereocenters. The molecule has 1 aromatic carbocycles. The van der Waals surface area contributed by atoms with Gasteiger partial charge in [-0.25, -0.2) is 29.2 Å². The first-order valence-electron chi connectivity index (χ1n) is 10.9. The van der Waals surface area contributed by atoms with Gasteiger partial charge in [-0.3, -0.25) is 9.80 Å². The van der Waals surface area contributed by atoms with Crippen molar-refractivity contribution in [2.75, 3.05) is 12.0 Å². The lowest BCUT2D eigenvalue weighted by Gasteiger charge is -2.25. The van der Waals surface area contributed by atoms with Gasteiger partial charge in [-0.2, -0.15) is 26.9 Å². The van der Waals surface area contributed by atoms with Crippen LogP contribution in [-0.2, 0) is 10.2 Å². The number of nitrogens with zero attached hydrogens (tertiary/aromatic N) is 5. The van der Waals surface area contributed by atoms with Crippen molar-refractivity contribution in [3.63, 3.8) is 0 Å². The number of fused-ring (bicyclic) bond motifs is 2. The average Bonchev–Trinajstić information content (AvgIpc) is 3.41. The second-order valence-corrected chi connectivity index (χ2v) is 8.75. The quantitative estimate of drug-likeness (QED) is 0.497. The Labute approximate surface area is 208 Å². The molecule has 1 amide bonds. The molecule has 3 aliphatic heterocycles. The molecule has 3 N–H and O–H groups in total. The van der Waals surface area contributed by atoms with E-state index in [-0.39, 0.29) is 46.7 Å². The number of halogens is 7. The maximum absolute atomic E-state index is 13.9. The summed E-state index contributed by atoms with van der Waals surface area (Å²) in [6.45, 7) is 1.34. The SMILES string of the molecule is CC1(c2ccc(F)c(F)c2)C(=O)Nc2nc(C3=CN4NCN=C4C(CCC(F)(F)C(F)(F)F)=N3)nc(O)c21. The average molecular weight is 543 g/mol. The molecule has 0 aliphatic carbocycles. The minimum Gasteiger partial charge on any atom is -0.493 e. The molecule has 0 fully saturated rings. The number of aromatic hydroxyl groups is 1. The first kappa shape index (κ1) is 25.6. The van der Waals surface area contributed by atoms with E-state index in [1.54, 1.807) is 0 Å². The molecule has 3 aliphatic rings. The van der Waals surface area contributed by atoms with Gasteiger partial charge < -0.3 is 10.4 Å². The lowest BCUT2D eigenvalue weighted by atomic mass is 9.78. The lowest BCUT2D eigenvalue weighted by molar-refractivity contribution is -0.283. The summed E-state index contributed by atoms with van der Waals surface area (Å²) in [6.07, 6.45) is -6.86. The topological polar surface area (TPSA) is 115 Å². The van der Waals surface area contributed by atoms with Crippen LogP contribution in [0.1, 0.15) is 36.7 Å². The monoisotopic (exact) mass is 543 g/mol. The smallest absolute Gasteiger partial charge is 0.453 e. The van der Waals surface area contributed by atoms with Crippen LogP contribution >= 0.6 is 0 Å². The van der Waals surface area contributed by atoms with Gasteiger partial charge in [-0.1, -0.05) is 6.07 Å². The number of amides is 1. The Balaban J connectivity index is 1.52. The molecule has 0 radical (unpaired) electrons. The summed E-state index contributed by atoms with van der Waals surface area (Å²) >= 11 is 0. The fourth-order valence-corrected chi connectivity index (χ4v) is 4.26. The number of amidine groups is 1. The van der Waals surface area contributed by atoms with E-state index in [1.807, 2.05) is 0 Å². The highest BCUT2D eigenvalue weighted by Crippen LogP contribution is 2.46. The molecule has 0 spiro atoms. The first-order valence-corrected chi connectivity index (χ1v) is 10.9.